The number of carbonyl (C=O) groups excluding carboxylic acids is 1. The van der Waals surface area contributed by atoms with Gasteiger partial charge in [-0.15, -0.1) is 0 Å². The van der Waals surface area contributed by atoms with Crippen LogP contribution in [-0.4, -0.2) is 39.9 Å². The Morgan fingerprint density at radius 3 is 2.92 bits per heavy atom. The molecule has 0 aliphatic heterocycles. The molecule has 26 heavy (non-hydrogen) atoms. The zero-order valence-corrected chi connectivity index (χ0v) is 15.3. The molecule has 0 saturated carbocycles. The Bertz CT molecular complexity index is 953. The number of hydrazone groups is 1. The second-order valence-corrected chi connectivity index (χ2v) is 6.34. The standard InChI is InChI=1S/C17H14ClN5O2S/c1-25-13-4-3-11-7-12(16(18)22-14(11)8-13)9-21-23-15(24)10-26-17-19-5-2-6-20-17/h2-9H,10H2,1H3,(H,23,24). The van der Waals surface area contributed by atoms with Crippen LogP contribution in [0.3, 0.4) is 0 Å². The van der Waals surface area contributed by atoms with Crippen molar-refractivity contribution >= 4 is 46.4 Å². The van der Waals surface area contributed by atoms with Gasteiger partial charge in [0.15, 0.2) is 5.16 Å². The first-order valence-electron chi connectivity index (χ1n) is 7.52. The summed E-state index contributed by atoms with van der Waals surface area (Å²) in [4.78, 5) is 24.2. The summed E-state index contributed by atoms with van der Waals surface area (Å²) in [5.41, 5.74) is 3.76. The number of thioether (sulfide) groups is 1. The van der Waals surface area contributed by atoms with Crippen molar-refractivity contribution in [3.8, 4) is 5.75 Å². The van der Waals surface area contributed by atoms with Gasteiger partial charge in [0.1, 0.15) is 10.9 Å². The molecule has 0 spiro atoms. The molecule has 0 aliphatic rings. The molecule has 2 aromatic heterocycles. The Morgan fingerprint density at radius 2 is 2.15 bits per heavy atom. The Morgan fingerprint density at radius 1 is 1.35 bits per heavy atom. The molecule has 0 radical (unpaired) electrons. The monoisotopic (exact) mass is 387 g/mol. The van der Waals surface area contributed by atoms with Crippen LogP contribution in [-0.2, 0) is 4.79 Å². The average molecular weight is 388 g/mol. The van der Waals surface area contributed by atoms with Gasteiger partial charge in [0.05, 0.1) is 24.6 Å². The van der Waals surface area contributed by atoms with Crippen molar-refractivity contribution in [2.45, 2.75) is 5.16 Å². The SMILES string of the molecule is COc1ccc2cc(C=NNC(=O)CSc3ncccn3)c(Cl)nc2c1. The van der Waals surface area contributed by atoms with E-state index in [0.29, 0.717) is 16.5 Å². The number of hydrogen-bond acceptors (Lipinski definition) is 7. The van der Waals surface area contributed by atoms with Crippen LogP contribution in [0.1, 0.15) is 5.56 Å². The van der Waals surface area contributed by atoms with Gasteiger partial charge in [0.25, 0.3) is 5.91 Å². The smallest absolute Gasteiger partial charge is 0.250 e. The lowest BCUT2D eigenvalue weighted by Crippen LogP contribution is -2.19. The number of aromatic nitrogens is 3. The molecule has 1 amide bonds. The summed E-state index contributed by atoms with van der Waals surface area (Å²) >= 11 is 7.40. The Kier molecular flexibility index (Phi) is 5.98. The second kappa shape index (κ2) is 8.59. The van der Waals surface area contributed by atoms with Crippen LogP contribution in [0, 0.1) is 0 Å². The molecular weight excluding hydrogens is 374 g/mol. The largest absolute Gasteiger partial charge is 0.497 e. The fourth-order valence-corrected chi connectivity index (χ4v) is 2.84. The summed E-state index contributed by atoms with van der Waals surface area (Å²) in [6.07, 6.45) is 4.70. The van der Waals surface area contributed by atoms with E-state index in [2.05, 4.69) is 25.5 Å². The number of fused-ring (bicyclic) bond motifs is 1. The van der Waals surface area contributed by atoms with Crippen LogP contribution in [0.5, 0.6) is 5.75 Å². The number of nitrogens with zero attached hydrogens (tertiary/aromatic N) is 4. The fourth-order valence-electron chi connectivity index (χ4n) is 2.05. The van der Waals surface area contributed by atoms with Crippen LogP contribution in [0.25, 0.3) is 10.9 Å². The Labute approximate surface area is 158 Å². The van der Waals surface area contributed by atoms with E-state index in [1.807, 2.05) is 18.2 Å². The molecule has 9 heteroatoms. The minimum atomic E-state index is -0.270. The van der Waals surface area contributed by atoms with Crippen molar-refractivity contribution < 1.29 is 9.53 Å². The highest BCUT2D eigenvalue weighted by Crippen LogP contribution is 2.23. The van der Waals surface area contributed by atoms with E-state index >= 15 is 0 Å². The summed E-state index contributed by atoms with van der Waals surface area (Å²) in [7, 11) is 1.59. The van der Waals surface area contributed by atoms with Gasteiger partial charge in [-0.3, -0.25) is 4.79 Å². The van der Waals surface area contributed by atoms with Gasteiger partial charge in [-0.2, -0.15) is 5.10 Å². The van der Waals surface area contributed by atoms with Gasteiger partial charge >= 0.3 is 0 Å². The number of halogens is 1. The van der Waals surface area contributed by atoms with Gasteiger partial charge < -0.3 is 4.74 Å². The number of ether oxygens (including phenoxy) is 1. The zero-order valence-electron chi connectivity index (χ0n) is 13.7. The van der Waals surface area contributed by atoms with Gasteiger partial charge in [0.2, 0.25) is 0 Å². The number of carbonyl (C=O) groups is 1. The maximum absolute atomic E-state index is 11.8. The van der Waals surface area contributed by atoms with E-state index in [1.54, 1.807) is 31.6 Å². The summed E-state index contributed by atoms with van der Waals surface area (Å²) in [6, 6.07) is 9.07. The Hall–Kier alpha value is -2.71. The van der Waals surface area contributed by atoms with Crippen LogP contribution >= 0.6 is 23.4 Å². The molecule has 3 rings (SSSR count). The number of methoxy groups -OCH3 is 1. The first-order valence-corrected chi connectivity index (χ1v) is 8.88. The molecule has 0 aliphatic carbocycles. The molecule has 0 unspecified atom stereocenters. The average Bonchev–Trinajstić information content (AvgIpc) is 2.67. The number of rotatable bonds is 6. The van der Waals surface area contributed by atoms with Gasteiger partial charge in [-0.05, 0) is 24.3 Å². The molecule has 3 aromatic rings. The first-order chi connectivity index (χ1) is 12.7. The molecule has 2 heterocycles. The summed E-state index contributed by atoms with van der Waals surface area (Å²) in [6.45, 7) is 0. The molecule has 0 bridgehead atoms. The quantitative estimate of drug-likeness (QED) is 0.230. The summed E-state index contributed by atoms with van der Waals surface area (Å²) in [5, 5.41) is 5.64. The molecule has 132 valence electrons. The van der Waals surface area contributed by atoms with Crippen molar-refractivity contribution in [3.05, 3.63) is 53.4 Å². The highest BCUT2D eigenvalue weighted by atomic mass is 35.5. The lowest BCUT2D eigenvalue weighted by molar-refractivity contribution is -0.118. The van der Waals surface area contributed by atoms with Gasteiger partial charge in [0, 0.05) is 29.4 Å². The third-order valence-corrected chi connectivity index (χ3v) is 4.45. The second-order valence-electron chi connectivity index (χ2n) is 5.04. The van der Waals surface area contributed by atoms with Crippen molar-refractivity contribution in [1.29, 1.82) is 0 Å². The number of amides is 1. The predicted octanol–water partition coefficient (Wildman–Crippen LogP) is 2.93. The maximum atomic E-state index is 11.8. The normalized spacial score (nSPS) is 11.0. The van der Waals surface area contributed by atoms with Crippen LogP contribution < -0.4 is 10.2 Å². The number of benzene rings is 1. The summed E-state index contributed by atoms with van der Waals surface area (Å²) in [5.74, 6) is 0.591. The highest BCUT2D eigenvalue weighted by molar-refractivity contribution is 7.99. The van der Waals surface area contributed by atoms with E-state index in [-0.39, 0.29) is 16.8 Å². The van der Waals surface area contributed by atoms with Crippen LogP contribution in [0.4, 0.5) is 0 Å². The van der Waals surface area contributed by atoms with E-state index in [1.165, 1.54) is 18.0 Å². The third kappa shape index (κ3) is 4.68. The third-order valence-electron chi connectivity index (χ3n) is 3.27. The lowest BCUT2D eigenvalue weighted by Gasteiger charge is -2.04. The minimum absolute atomic E-state index is 0.158. The molecule has 7 nitrogen and oxygen atoms in total. The molecule has 0 saturated heterocycles. The van der Waals surface area contributed by atoms with Crippen molar-refractivity contribution in [1.82, 2.24) is 20.4 Å². The summed E-state index contributed by atoms with van der Waals surface area (Å²) < 4.78 is 5.17. The van der Waals surface area contributed by atoms with Gasteiger partial charge in [-0.1, -0.05) is 23.4 Å². The van der Waals surface area contributed by atoms with E-state index in [4.69, 9.17) is 16.3 Å². The van der Waals surface area contributed by atoms with Crippen LogP contribution in [0.15, 0.2) is 53.0 Å². The highest BCUT2D eigenvalue weighted by Gasteiger charge is 2.06. The van der Waals surface area contributed by atoms with Crippen molar-refractivity contribution in [2.75, 3.05) is 12.9 Å². The zero-order chi connectivity index (χ0) is 18.4. The maximum Gasteiger partial charge on any atom is 0.250 e. The minimum Gasteiger partial charge on any atom is -0.497 e. The Balaban J connectivity index is 1.62. The van der Waals surface area contributed by atoms with Gasteiger partial charge in [-0.25, -0.2) is 20.4 Å². The molecule has 1 N–H and O–H groups in total. The number of hydrogen-bond donors (Lipinski definition) is 1. The topological polar surface area (TPSA) is 89.4 Å². The number of pyridine rings is 1. The van der Waals surface area contributed by atoms with E-state index in [9.17, 15) is 4.79 Å². The number of nitrogens with one attached hydrogen (secondary N) is 1. The van der Waals surface area contributed by atoms with E-state index in [0.717, 1.165) is 10.9 Å². The molecule has 0 atom stereocenters. The molecule has 0 fully saturated rings. The van der Waals surface area contributed by atoms with Crippen LogP contribution in [0.2, 0.25) is 5.15 Å². The van der Waals surface area contributed by atoms with Crippen molar-refractivity contribution in [3.63, 3.8) is 0 Å². The molecule has 1 aromatic carbocycles. The van der Waals surface area contributed by atoms with E-state index < -0.39 is 0 Å². The fraction of sp³-hybridized carbons (Fsp3) is 0.118. The molecular formula is C17H14ClN5O2S. The van der Waals surface area contributed by atoms with Crippen molar-refractivity contribution in [2.24, 2.45) is 5.10 Å². The first kappa shape index (κ1) is 18.1. The lowest BCUT2D eigenvalue weighted by atomic mass is 10.1. The predicted molar refractivity (Wildman–Crippen MR) is 102 cm³/mol.